The first-order valence-electron chi connectivity index (χ1n) is 13.9. The molecule has 3 fully saturated rings. The maximum Gasteiger partial charge on any atom is 0.140 e. The number of rotatable bonds is 5. The number of hydrogen-bond donors (Lipinski definition) is 0. The molecular weight excluding hydrogens is 452 g/mol. The summed E-state index contributed by atoms with van der Waals surface area (Å²) < 4.78 is 7.26. The van der Waals surface area contributed by atoms with E-state index in [1.807, 2.05) is 6.20 Å². The Labute approximate surface area is 219 Å². The van der Waals surface area contributed by atoms with Crippen LogP contribution in [0.5, 0.6) is 5.75 Å². The first-order valence-corrected chi connectivity index (χ1v) is 13.9. The predicted molar refractivity (Wildman–Crippen MR) is 153 cm³/mol. The molecule has 3 nitrogen and oxygen atoms in total. The summed E-state index contributed by atoms with van der Waals surface area (Å²) in [6.07, 6.45) is 5.69. The van der Waals surface area contributed by atoms with Gasteiger partial charge in [0, 0.05) is 29.1 Å². The van der Waals surface area contributed by atoms with Gasteiger partial charge in [-0.05, 0) is 78.6 Å². The number of benzene rings is 4. The van der Waals surface area contributed by atoms with E-state index < -0.39 is 0 Å². The summed E-state index contributed by atoms with van der Waals surface area (Å²) in [5.74, 6) is 2.57. The maximum atomic E-state index is 7.26. The highest BCUT2D eigenvalue weighted by molar-refractivity contribution is 6.10. The molecule has 3 aliphatic heterocycles. The summed E-state index contributed by atoms with van der Waals surface area (Å²) in [4.78, 5) is 7.44. The zero-order valence-corrected chi connectivity index (χ0v) is 21.7. The standard InChI is InChI=1S/C34H34N2O/c1-3-23-21-36-17-15-24(23)19-32(36)34(29-14-16-35-31-13-12-22(2)18-30(29)31)37-33-20-25-8-4-5-9-26(25)27-10-6-7-11-28(27)33/h4-14,16,18,20,23-24,32,34H,3,15,17,19,21H2,1-2H3/t23?,24-,32+,34-/m1/s1. The van der Waals surface area contributed by atoms with Crippen molar-refractivity contribution < 1.29 is 4.74 Å². The number of ether oxygens (including phenoxy) is 1. The summed E-state index contributed by atoms with van der Waals surface area (Å²) in [5.41, 5.74) is 3.56. The van der Waals surface area contributed by atoms with Crippen LogP contribution in [0.25, 0.3) is 32.4 Å². The quantitative estimate of drug-likeness (QED) is 0.235. The molecule has 0 aliphatic carbocycles. The summed E-state index contributed by atoms with van der Waals surface area (Å²) in [6, 6.07) is 28.8. The molecule has 4 heterocycles. The van der Waals surface area contributed by atoms with Crippen molar-refractivity contribution in [3.8, 4) is 5.75 Å². The molecule has 3 heteroatoms. The summed E-state index contributed by atoms with van der Waals surface area (Å²) in [5, 5.41) is 6.15. The minimum atomic E-state index is -0.0579. The minimum absolute atomic E-state index is 0.0579. The van der Waals surface area contributed by atoms with E-state index in [0.29, 0.717) is 6.04 Å². The molecule has 186 valence electrons. The van der Waals surface area contributed by atoms with Gasteiger partial charge in [0.25, 0.3) is 0 Å². The number of hydrogen-bond acceptors (Lipinski definition) is 3. The van der Waals surface area contributed by atoms with Crippen molar-refractivity contribution in [1.29, 1.82) is 0 Å². The summed E-state index contributed by atoms with van der Waals surface area (Å²) in [7, 11) is 0. The molecule has 2 unspecified atom stereocenters. The Bertz CT molecular complexity index is 1610. The van der Waals surface area contributed by atoms with Crippen LogP contribution in [0.1, 0.15) is 43.4 Å². The normalized spacial score (nSPS) is 24.1. The van der Waals surface area contributed by atoms with Crippen LogP contribution in [0.15, 0.2) is 85.1 Å². The van der Waals surface area contributed by atoms with Crippen molar-refractivity contribution in [2.24, 2.45) is 11.8 Å². The fourth-order valence-corrected chi connectivity index (χ4v) is 7.09. The maximum absolute atomic E-state index is 7.26. The zero-order valence-electron chi connectivity index (χ0n) is 21.7. The molecule has 0 radical (unpaired) electrons. The van der Waals surface area contributed by atoms with Gasteiger partial charge in [-0.25, -0.2) is 0 Å². The van der Waals surface area contributed by atoms with Crippen molar-refractivity contribution in [3.05, 3.63) is 96.2 Å². The van der Waals surface area contributed by atoms with Gasteiger partial charge in [0.15, 0.2) is 0 Å². The fourth-order valence-electron chi connectivity index (χ4n) is 7.09. The smallest absolute Gasteiger partial charge is 0.140 e. The molecule has 0 N–H and O–H groups in total. The third-order valence-electron chi connectivity index (χ3n) is 9.03. The first-order chi connectivity index (χ1) is 18.2. The zero-order chi connectivity index (χ0) is 24.9. The Morgan fingerprint density at radius 2 is 1.73 bits per heavy atom. The van der Waals surface area contributed by atoms with Crippen molar-refractivity contribution in [2.75, 3.05) is 13.1 Å². The van der Waals surface area contributed by atoms with Gasteiger partial charge >= 0.3 is 0 Å². The molecule has 5 atom stereocenters. The SMILES string of the molecule is CCC1CN2CC[C@@H]1C[C@H]2[C@H](Oc1cc2ccccc2c2ccccc12)c1ccnc2ccc(C)cc12. The van der Waals surface area contributed by atoms with E-state index in [-0.39, 0.29) is 6.10 Å². The second-order valence-electron chi connectivity index (χ2n) is 11.1. The average Bonchev–Trinajstić information content (AvgIpc) is 2.96. The number of piperidine rings is 3. The molecule has 0 spiro atoms. The van der Waals surface area contributed by atoms with Gasteiger partial charge in [-0.1, -0.05) is 73.5 Å². The van der Waals surface area contributed by atoms with Gasteiger partial charge < -0.3 is 4.74 Å². The van der Waals surface area contributed by atoms with E-state index in [2.05, 4.69) is 97.6 Å². The first kappa shape index (κ1) is 22.7. The van der Waals surface area contributed by atoms with Crippen LogP contribution in [0.4, 0.5) is 0 Å². The van der Waals surface area contributed by atoms with Crippen molar-refractivity contribution in [3.63, 3.8) is 0 Å². The average molecular weight is 487 g/mol. The van der Waals surface area contributed by atoms with Crippen LogP contribution >= 0.6 is 0 Å². The summed E-state index contributed by atoms with van der Waals surface area (Å²) >= 11 is 0. The molecule has 3 saturated heterocycles. The number of nitrogens with zero attached hydrogens (tertiary/aromatic N) is 2. The van der Waals surface area contributed by atoms with Crippen LogP contribution in [0.3, 0.4) is 0 Å². The van der Waals surface area contributed by atoms with E-state index in [9.17, 15) is 0 Å². The highest BCUT2D eigenvalue weighted by Gasteiger charge is 2.44. The van der Waals surface area contributed by atoms with Gasteiger partial charge in [0.1, 0.15) is 11.9 Å². The van der Waals surface area contributed by atoms with Crippen LogP contribution in [-0.2, 0) is 0 Å². The van der Waals surface area contributed by atoms with Gasteiger partial charge in [-0.3, -0.25) is 9.88 Å². The second-order valence-corrected chi connectivity index (χ2v) is 11.1. The van der Waals surface area contributed by atoms with E-state index in [4.69, 9.17) is 9.72 Å². The van der Waals surface area contributed by atoms with E-state index in [1.165, 1.54) is 70.4 Å². The molecule has 4 aromatic carbocycles. The largest absolute Gasteiger partial charge is 0.483 e. The molecule has 0 saturated carbocycles. The Morgan fingerprint density at radius 3 is 2.54 bits per heavy atom. The van der Waals surface area contributed by atoms with Gasteiger partial charge in [-0.15, -0.1) is 0 Å². The van der Waals surface area contributed by atoms with Crippen molar-refractivity contribution in [1.82, 2.24) is 9.88 Å². The lowest BCUT2D eigenvalue weighted by Crippen LogP contribution is -2.56. The third-order valence-corrected chi connectivity index (χ3v) is 9.03. The highest BCUT2D eigenvalue weighted by atomic mass is 16.5. The number of fused-ring (bicyclic) bond motifs is 7. The monoisotopic (exact) mass is 486 g/mol. The van der Waals surface area contributed by atoms with E-state index >= 15 is 0 Å². The van der Waals surface area contributed by atoms with Crippen LogP contribution in [-0.4, -0.2) is 29.0 Å². The molecule has 2 bridgehead atoms. The van der Waals surface area contributed by atoms with Gasteiger partial charge in [0.2, 0.25) is 0 Å². The molecule has 5 aromatic rings. The van der Waals surface area contributed by atoms with E-state index in [0.717, 1.165) is 23.1 Å². The lowest BCUT2D eigenvalue weighted by atomic mass is 9.72. The molecule has 37 heavy (non-hydrogen) atoms. The van der Waals surface area contributed by atoms with Gasteiger partial charge in [-0.2, -0.15) is 0 Å². The van der Waals surface area contributed by atoms with Crippen LogP contribution < -0.4 is 4.74 Å². The lowest BCUT2D eigenvalue weighted by Gasteiger charge is -2.52. The lowest BCUT2D eigenvalue weighted by molar-refractivity contribution is -0.0480. The molecule has 0 amide bonds. The van der Waals surface area contributed by atoms with E-state index in [1.54, 1.807) is 0 Å². The number of aromatic nitrogens is 1. The Kier molecular flexibility index (Phi) is 5.62. The highest BCUT2D eigenvalue weighted by Crippen LogP contribution is 2.45. The van der Waals surface area contributed by atoms with Crippen molar-refractivity contribution >= 4 is 32.4 Å². The number of aryl methyl sites for hydroxylation is 1. The van der Waals surface area contributed by atoms with Crippen molar-refractivity contribution in [2.45, 2.75) is 45.3 Å². The second kappa shape index (κ2) is 9.15. The molecule has 8 rings (SSSR count). The molecular formula is C34H34N2O. The third kappa shape index (κ3) is 3.88. The van der Waals surface area contributed by atoms with Gasteiger partial charge in [0.05, 0.1) is 11.6 Å². The number of pyridine rings is 1. The fraction of sp³-hybridized carbons (Fsp3) is 0.324. The van der Waals surface area contributed by atoms with Crippen LogP contribution in [0.2, 0.25) is 0 Å². The summed E-state index contributed by atoms with van der Waals surface area (Å²) in [6.45, 7) is 6.88. The Hall–Kier alpha value is -3.43. The molecule has 1 aromatic heterocycles. The van der Waals surface area contributed by atoms with Crippen LogP contribution in [0, 0.1) is 18.8 Å². The predicted octanol–water partition coefficient (Wildman–Crippen LogP) is 8.09. The minimum Gasteiger partial charge on any atom is -0.483 e. The Morgan fingerprint density at radius 1 is 0.919 bits per heavy atom. The topological polar surface area (TPSA) is 25.4 Å². The molecule has 3 aliphatic rings. The Balaban J connectivity index is 1.41.